The molecule has 4 aliphatic carbocycles. The van der Waals surface area contributed by atoms with Crippen molar-refractivity contribution in [2.75, 3.05) is 13.2 Å². The normalized spacial score (nSPS) is 50.9. The molecule has 0 aromatic rings. The first-order chi connectivity index (χ1) is 11.6. The lowest BCUT2D eigenvalue weighted by atomic mass is 9.45. The maximum Gasteiger partial charge on any atom is 0.0634 e. The zero-order chi connectivity index (χ0) is 16.8. The van der Waals surface area contributed by atoms with Gasteiger partial charge < -0.3 is 10.5 Å². The largest absolute Gasteiger partial charge is 0.378 e. The number of rotatable bonds is 4. The van der Waals surface area contributed by atoms with Gasteiger partial charge in [0.05, 0.1) is 6.10 Å². The van der Waals surface area contributed by atoms with Gasteiger partial charge >= 0.3 is 0 Å². The summed E-state index contributed by atoms with van der Waals surface area (Å²) >= 11 is 0. The number of fused-ring (bicyclic) bond motifs is 5. The quantitative estimate of drug-likeness (QED) is 0.722. The van der Waals surface area contributed by atoms with E-state index < -0.39 is 0 Å². The Morgan fingerprint density at radius 3 is 2.58 bits per heavy atom. The SMILES string of the molecule is C[C@]12CCCCC1CCC1C2CC(OCCCN)[C@]2(C)CCCC12. The standard InChI is InChI=1S/C22H39NO/c1-21-11-4-3-7-16(21)9-10-17-18-8-5-12-22(18,2)20(15-19(17)21)24-14-6-13-23/h16-20H,3-15,23H2,1-2H3/t16?,17?,18?,19?,20?,21-,22+/m0/s1. The lowest BCUT2D eigenvalue weighted by molar-refractivity contribution is -0.170. The van der Waals surface area contributed by atoms with Crippen LogP contribution in [0.5, 0.6) is 0 Å². The molecule has 2 heteroatoms. The molecule has 0 spiro atoms. The van der Waals surface area contributed by atoms with Gasteiger partial charge in [0.25, 0.3) is 0 Å². The molecule has 4 aliphatic rings. The highest BCUT2D eigenvalue weighted by molar-refractivity contribution is 5.09. The van der Waals surface area contributed by atoms with Gasteiger partial charge in [-0.05, 0) is 92.4 Å². The van der Waals surface area contributed by atoms with E-state index in [1.165, 1.54) is 64.2 Å². The highest BCUT2D eigenvalue weighted by Gasteiger charge is 2.60. The van der Waals surface area contributed by atoms with Crippen LogP contribution in [0.4, 0.5) is 0 Å². The number of hydrogen-bond acceptors (Lipinski definition) is 2. The summed E-state index contributed by atoms with van der Waals surface area (Å²) in [6, 6.07) is 0. The molecule has 4 fully saturated rings. The minimum atomic E-state index is 0.452. The predicted octanol–water partition coefficient (Wildman–Crippen LogP) is 5.15. The number of nitrogens with two attached hydrogens (primary N) is 1. The third-order valence-electron chi connectivity index (χ3n) is 9.13. The Morgan fingerprint density at radius 2 is 1.75 bits per heavy atom. The molecular weight excluding hydrogens is 294 g/mol. The maximum atomic E-state index is 6.53. The van der Waals surface area contributed by atoms with Crippen LogP contribution in [0.25, 0.3) is 0 Å². The fourth-order valence-corrected chi connectivity index (χ4v) is 7.79. The van der Waals surface area contributed by atoms with Crippen LogP contribution >= 0.6 is 0 Å². The molecule has 0 aromatic carbocycles. The fraction of sp³-hybridized carbons (Fsp3) is 1.00. The first kappa shape index (κ1) is 17.3. The van der Waals surface area contributed by atoms with Crippen molar-refractivity contribution in [3.8, 4) is 0 Å². The summed E-state index contributed by atoms with van der Waals surface area (Å²) in [6.45, 7) is 6.88. The van der Waals surface area contributed by atoms with E-state index in [0.717, 1.165) is 43.2 Å². The van der Waals surface area contributed by atoms with Crippen molar-refractivity contribution in [1.29, 1.82) is 0 Å². The van der Waals surface area contributed by atoms with Gasteiger partial charge in [0.2, 0.25) is 0 Å². The van der Waals surface area contributed by atoms with Crippen molar-refractivity contribution in [2.24, 2.45) is 40.2 Å². The molecule has 0 heterocycles. The first-order valence-electron chi connectivity index (χ1n) is 10.9. The smallest absolute Gasteiger partial charge is 0.0634 e. The maximum absolute atomic E-state index is 6.53. The second-order valence-electron chi connectivity index (χ2n) is 10.0. The molecule has 0 aliphatic heterocycles. The van der Waals surface area contributed by atoms with E-state index in [4.69, 9.17) is 10.5 Å². The highest BCUT2D eigenvalue weighted by atomic mass is 16.5. The molecule has 24 heavy (non-hydrogen) atoms. The third-order valence-corrected chi connectivity index (χ3v) is 9.13. The highest BCUT2D eigenvalue weighted by Crippen LogP contribution is 2.66. The molecule has 2 N–H and O–H groups in total. The molecule has 5 unspecified atom stereocenters. The Hall–Kier alpha value is -0.0800. The Balaban J connectivity index is 1.60. The monoisotopic (exact) mass is 333 g/mol. The van der Waals surface area contributed by atoms with Crippen LogP contribution in [0.2, 0.25) is 0 Å². The fourth-order valence-electron chi connectivity index (χ4n) is 7.79. The van der Waals surface area contributed by atoms with Crippen molar-refractivity contribution >= 4 is 0 Å². The van der Waals surface area contributed by atoms with E-state index in [1.807, 2.05) is 0 Å². The number of ether oxygens (including phenoxy) is 1. The van der Waals surface area contributed by atoms with Gasteiger partial charge in [0, 0.05) is 6.61 Å². The Morgan fingerprint density at radius 1 is 0.917 bits per heavy atom. The second kappa shape index (κ2) is 6.58. The van der Waals surface area contributed by atoms with E-state index in [-0.39, 0.29) is 0 Å². The summed E-state index contributed by atoms with van der Waals surface area (Å²) < 4.78 is 6.53. The summed E-state index contributed by atoms with van der Waals surface area (Å²) in [6.07, 6.45) is 16.1. The molecule has 0 aromatic heterocycles. The Labute approximate surface area is 149 Å². The third kappa shape index (κ3) is 2.58. The van der Waals surface area contributed by atoms with Gasteiger partial charge in [-0.2, -0.15) is 0 Å². The molecule has 4 saturated carbocycles. The molecular formula is C22H39NO. The molecule has 2 nitrogen and oxygen atoms in total. The number of hydrogen-bond donors (Lipinski definition) is 1. The average Bonchev–Trinajstić information content (AvgIpc) is 2.98. The van der Waals surface area contributed by atoms with Crippen molar-refractivity contribution in [3.63, 3.8) is 0 Å². The Bertz CT molecular complexity index is 451. The van der Waals surface area contributed by atoms with E-state index in [9.17, 15) is 0 Å². The molecule has 0 bridgehead atoms. The minimum Gasteiger partial charge on any atom is -0.378 e. The summed E-state index contributed by atoms with van der Waals surface area (Å²) in [5, 5.41) is 0. The van der Waals surface area contributed by atoms with Crippen molar-refractivity contribution < 1.29 is 4.74 Å². The molecule has 4 rings (SSSR count). The van der Waals surface area contributed by atoms with Crippen molar-refractivity contribution in [2.45, 2.75) is 90.6 Å². The van der Waals surface area contributed by atoms with Crippen LogP contribution in [0, 0.1) is 34.5 Å². The molecule has 0 saturated heterocycles. The van der Waals surface area contributed by atoms with Crippen molar-refractivity contribution in [1.82, 2.24) is 0 Å². The summed E-state index contributed by atoms with van der Waals surface area (Å²) in [5.41, 5.74) is 6.78. The molecule has 0 amide bonds. The van der Waals surface area contributed by atoms with Crippen LogP contribution < -0.4 is 5.73 Å². The van der Waals surface area contributed by atoms with Gasteiger partial charge in [0.15, 0.2) is 0 Å². The van der Waals surface area contributed by atoms with Gasteiger partial charge in [-0.15, -0.1) is 0 Å². The van der Waals surface area contributed by atoms with Crippen LogP contribution in [0.3, 0.4) is 0 Å². The lowest BCUT2D eigenvalue weighted by Crippen LogP contribution is -2.57. The van der Waals surface area contributed by atoms with Crippen LogP contribution in [-0.2, 0) is 4.74 Å². The van der Waals surface area contributed by atoms with E-state index in [2.05, 4.69) is 13.8 Å². The zero-order valence-electron chi connectivity index (χ0n) is 16.1. The minimum absolute atomic E-state index is 0.452. The summed E-state index contributed by atoms with van der Waals surface area (Å²) in [7, 11) is 0. The molecule has 138 valence electrons. The van der Waals surface area contributed by atoms with Crippen molar-refractivity contribution in [3.05, 3.63) is 0 Å². The van der Waals surface area contributed by atoms with E-state index in [1.54, 1.807) is 0 Å². The second-order valence-corrected chi connectivity index (χ2v) is 10.0. The summed E-state index contributed by atoms with van der Waals surface area (Å²) in [5.74, 6) is 3.85. The van der Waals surface area contributed by atoms with Gasteiger partial charge in [-0.3, -0.25) is 0 Å². The van der Waals surface area contributed by atoms with Crippen LogP contribution in [-0.4, -0.2) is 19.3 Å². The van der Waals surface area contributed by atoms with Gasteiger partial charge in [-0.1, -0.05) is 33.1 Å². The first-order valence-corrected chi connectivity index (χ1v) is 10.9. The van der Waals surface area contributed by atoms with E-state index >= 15 is 0 Å². The van der Waals surface area contributed by atoms with Crippen LogP contribution in [0.1, 0.15) is 84.5 Å². The topological polar surface area (TPSA) is 35.2 Å². The zero-order valence-corrected chi connectivity index (χ0v) is 16.1. The Kier molecular flexibility index (Phi) is 4.75. The van der Waals surface area contributed by atoms with E-state index in [0.29, 0.717) is 16.9 Å². The molecule has 0 radical (unpaired) electrons. The predicted molar refractivity (Wildman–Crippen MR) is 99.8 cm³/mol. The molecule has 7 atom stereocenters. The average molecular weight is 334 g/mol. The van der Waals surface area contributed by atoms with Gasteiger partial charge in [-0.25, -0.2) is 0 Å². The summed E-state index contributed by atoms with van der Waals surface area (Å²) in [4.78, 5) is 0. The van der Waals surface area contributed by atoms with Crippen LogP contribution in [0.15, 0.2) is 0 Å². The lowest BCUT2D eigenvalue weighted by Gasteiger charge is -2.61. The van der Waals surface area contributed by atoms with Gasteiger partial charge in [0.1, 0.15) is 0 Å².